The van der Waals surface area contributed by atoms with Crippen LogP contribution in [0.4, 0.5) is 0 Å². The summed E-state index contributed by atoms with van der Waals surface area (Å²) in [6.07, 6.45) is 6.23. The number of benzene rings is 1. The van der Waals surface area contributed by atoms with Crippen LogP contribution in [0.5, 0.6) is 11.5 Å². The van der Waals surface area contributed by atoms with Crippen LogP contribution >= 0.6 is 0 Å². The molecule has 0 aliphatic rings. The summed E-state index contributed by atoms with van der Waals surface area (Å²) < 4.78 is 11.2. The first-order valence-corrected chi connectivity index (χ1v) is 6.72. The van der Waals surface area contributed by atoms with Gasteiger partial charge in [0.2, 0.25) is 0 Å². The molecule has 0 amide bonds. The van der Waals surface area contributed by atoms with E-state index in [1.54, 1.807) is 0 Å². The molecule has 0 saturated carbocycles. The minimum atomic E-state index is 0.270. The van der Waals surface area contributed by atoms with E-state index in [0.29, 0.717) is 12.6 Å². The van der Waals surface area contributed by atoms with Crippen molar-refractivity contribution in [3.8, 4) is 23.8 Å². The highest BCUT2D eigenvalue weighted by molar-refractivity contribution is 5.41. The highest BCUT2D eigenvalue weighted by atomic mass is 16.5. The molecule has 0 radical (unpaired) electrons. The maximum Gasteiger partial charge on any atom is 0.148 e. The third-order valence-corrected chi connectivity index (χ3v) is 2.52. The number of rotatable bonds is 8. The zero-order chi connectivity index (χ0) is 14.1. The van der Waals surface area contributed by atoms with Gasteiger partial charge in [-0.05, 0) is 12.5 Å². The summed E-state index contributed by atoms with van der Waals surface area (Å²) in [6, 6.07) is 6.32. The largest absolute Gasteiger partial charge is 0.493 e. The summed E-state index contributed by atoms with van der Waals surface area (Å²) >= 11 is 0. The van der Waals surface area contributed by atoms with Gasteiger partial charge in [0.25, 0.3) is 0 Å². The molecule has 0 bridgehead atoms. The van der Waals surface area contributed by atoms with E-state index >= 15 is 0 Å². The van der Waals surface area contributed by atoms with E-state index in [9.17, 15) is 0 Å². The Labute approximate surface area is 116 Å². The van der Waals surface area contributed by atoms with Gasteiger partial charge in [0.05, 0.1) is 6.61 Å². The number of ether oxygens (including phenoxy) is 2. The number of nitrogens with one attached hydrogen (secondary N) is 1. The van der Waals surface area contributed by atoms with Gasteiger partial charge >= 0.3 is 0 Å². The van der Waals surface area contributed by atoms with E-state index in [4.69, 9.17) is 15.9 Å². The molecule has 0 atom stereocenters. The van der Waals surface area contributed by atoms with E-state index in [1.807, 2.05) is 18.2 Å². The van der Waals surface area contributed by atoms with Gasteiger partial charge in [0.1, 0.15) is 18.1 Å². The molecule has 3 nitrogen and oxygen atoms in total. The Morgan fingerprint density at radius 1 is 1.32 bits per heavy atom. The van der Waals surface area contributed by atoms with Crippen LogP contribution in [0.3, 0.4) is 0 Å². The zero-order valence-electron chi connectivity index (χ0n) is 12.0. The van der Waals surface area contributed by atoms with Gasteiger partial charge in [-0.25, -0.2) is 0 Å². The van der Waals surface area contributed by atoms with Gasteiger partial charge in [-0.3, -0.25) is 0 Å². The van der Waals surface area contributed by atoms with Crippen LogP contribution in [0.1, 0.15) is 32.8 Å². The first-order valence-electron chi connectivity index (χ1n) is 6.72. The predicted molar refractivity (Wildman–Crippen MR) is 78.5 cm³/mol. The van der Waals surface area contributed by atoms with Crippen LogP contribution in [0.25, 0.3) is 0 Å². The molecular formula is C16H23NO2. The quantitative estimate of drug-likeness (QED) is 0.730. The molecule has 0 fully saturated rings. The average molecular weight is 261 g/mol. The fraction of sp³-hybridized carbons (Fsp3) is 0.500. The van der Waals surface area contributed by atoms with E-state index in [-0.39, 0.29) is 6.61 Å². The van der Waals surface area contributed by atoms with Crippen molar-refractivity contribution >= 4 is 0 Å². The predicted octanol–water partition coefficient (Wildman–Crippen LogP) is 2.99. The Morgan fingerprint density at radius 2 is 2.11 bits per heavy atom. The molecule has 104 valence electrons. The molecule has 1 aromatic carbocycles. The van der Waals surface area contributed by atoms with E-state index in [1.165, 1.54) is 0 Å². The van der Waals surface area contributed by atoms with Crippen molar-refractivity contribution in [3.05, 3.63) is 23.8 Å². The van der Waals surface area contributed by atoms with E-state index in [0.717, 1.165) is 30.0 Å². The van der Waals surface area contributed by atoms with Crippen molar-refractivity contribution < 1.29 is 9.47 Å². The summed E-state index contributed by atoms with van der Waals surface area (Å²) in [7, 11) is 0. The molecule has 0 aliphatic carbocycles. The topological polar surface area (TPSA) is 30.5 Å². The molecule has 1 aromatic rings. The van der Waals surface area contributed by atoms with Crippen molar-refractivity contribution in [1.29, 1.82) is 0 Å². The lowest BCUT2D eigenvalue weighted by Crippen LogP contribution is -2.22. The lowest BCUT2D eigenvalue weighted by Gasteiger charge is -2.14. The van der Waals surface area contributed by atoms with Gasteiger partial charge in [0.15, 0.2) is 0 Å². The van der Waals surface area contributed by atoms with Crippen LogP contribution in [-0.4, -0.2) is 19.3 Å². The van der Waals surface area contributed by atoms with Gasteiger partial charge in [-0.1, -0.05) is 32.8 Å². The van der Waals surface area contributed by atoms with E-state index < -0.39 is 0 Å². The van der Waals surface area contributed by atoms with Crippen LogP contribution in [-0.2, 0) is 6.54 Å². The molecule has 0 saturated heterocycles. The zero-order valence-corrected chi connectivity index (χ0v) is 12.0. The summed E-state index contributed by atoms with van der Waals surface area (Å²) in [5.41, 5.74) is 1.09. The maximum absolute atomic E-state index is 5.60. The average Bonchev–Trinajstić information content (AvgIpc) is 2.41. The molecule has 3 heteroatoms. The number of hydrogen-bond acceptors (Lipinski definition) is 3. The summed E-state index contributed by atoms with van der Waals surface area (Å²) in [6.45, 7) is 8.04. The standard InChI is InChI=1S/C16H23NO2/c1-5-9-18-15-8-7-14(12-17-13(3)4)16(11-15)19-10-6-2/h2,7-8,11,13,17H,5,9-10,12H2,1,3-4H3. The first kappa shape index (κ1) is 15.4. The van der Waals surface area contributed by atoms with Crippen molar-refractivity contribution in [2.45, 2.75) is 39.8 Å². The molecule has 19 heavy (non-hydrogen) atoms. The Morgan fingerprint density at radius 3 is 2.74 bits per heavy atom. The second-order valence-electron chi connectivity index (χ2n) is 4.65. The van der Waals surface area contributed by atoms with Gasteiger partial charge < -0.3 is 14.8 Å². The van der Waals surface area contributed by atoms with E-state index in [2.05, 4.69) is 32.0 Å². The normalized spacial score (nSPS) is 10.3. The lowest BCUT2D eigenvalue weighted by molar-refractivity contribution is 0.311. The lowest BCUT2D eigenvalue weighted by atomic mass is 10.2. The number of terminal acetylenes is 1. The monoisotopic (exact) mass is 261 g/mol. The van der Waals surface area contributed by atoms with Crippen molar-refractivity contribution in [2.24, 2.45) is 0 Å². The van der Waals surface area contributed by atoms with Crippen molar-refractivity contribution in [1.82, 2.24) is 5.32 Å². The highest BCUT2D eigenvalue weighted by Crippen LogP contribution is 2.25. The molecule has 1 N–H and O–H groups in total. The fourth-order valence-electron chi connectivity index (χ4n) is 1.56. The molecular weight excluding hydrogens is 238 g/mol. The van der Waals surface area contributed by atoms with Crippen molar-refractivity contribution in [2.75, 3.05) is 13.2 Å². The van der Waals surface area contributed by atoms with Gasteiger partial charge in [0, 0.05) is 24.2 Å². The smallest absolute Gasteiger partial charge is 0.148 e. The second kappa shape index (κ2) is 8.44. The van der Waals surface area contributed by atoms with Gasteiger partial charge in [-0.15, -0.1) is 6.42 Å². The molecule has 0 unspecified atom stereocenters. The van der Waals surface area contributed by atoms with Gasteiger partial charge in [-0.2, -0.15) is 0 Å². The second-order valence-corrected chi connectivity index (χ2v) is 4.65. The molecule has 0 spiro atoms. The summed E-state index contributed by atoms with van der Waals surface area (Å²) in [4.78, 5) is 0. The summed E-state index contributed by atoms with van der Waals surface area (Å²) in [5, 5.41) is 3.37. The van der Waals surface area contributed by atoms with Crippen LogP contribution < -0.4 is 14.8 Å². The Kier molecular flexibility index (Phi) is 6.84. The molecule has 0 heterocycles. The molecule has 0 aliphatic heterocycles. The Balaban J connectivity index is 2.79. The minimum absolute atomic E-state index is 0.270. The van der Waals surface area contributed by atoms with Crippen LogP contribution in [0.2, 0.25) is 0 Å². The molecule has 1 rings (SSSR count). The third kappa shape index (κ3) is 5.67. The van der Waals surface area contributed by atoms with Crippen LogP contribution in [0, 0.1) is 12.3 Å². The first-order chi connectivity index (χ1) is 9.17. The summed E-state index contributed by atoms with van der Waals surface area (Å²) in [5.74, 6) is 4.10. The number of hydrogen-bond donors (Lipinski definition) is 1. The third-order valence-electron chi connectivity index (χ3n) is 2.52. The van der Waals surface area contributed by atoms with Crippen LogP contribution in [0.15, 0.2) is 18.2 Å². The SMILES string of the molecule is C#CCOc1cc(OCCC)ccc1CNC(C)C. The maximum atomic E-state index is 5.60. The Bertz CT molecular complexity index is 421. The Hall–Kier alpha value is -1.66. The highest BCUT2D eigenvalue weighted by Gasteiger charge is 2.06. The molecule has 0 aromatic heterocycles. The van der Waals surface area contributed by atoms with Crippen molar-refractivity contribution in [3.63, 3.8) is 0 Å². The fourth-order valence-corrected chi connectivity index (χ4v) is 1.56. The minimum Gasteiger partial charge on any atom is -0.493 e.